The van der Waals surface area contributed by atoms with Crippen molar-refractivity contribution >= 4 is 17.7 Å². The lowest BCUT2D eigenvalue weighted by Crippen LogP contribution is -2.38. The Morgan fingerprint density at radius 3 is 2.64 bits per heavy atom. The molecule has 3 rings (SSSR count). The number of hydrogen-bond donors (Lipinski definition) is 0. The summed E-state index contributed by atoms with van der Waals surface area (Å²) in [6.07, 6.45) is 5.91. The maximum absolute atomic E-state index is 5.46. The minimum Gasteiger partial charge on any atom is -0.378 e. The first kappa shape index (κ1) is 18.2. The quantitative estimate of drug-likeness (QED) is 0.532. The molecular weight excluding hydrogens is 334 g/mol. The molecule has 2 aromatic rings. The predicted molar refractivity (Wildman–Crippen MR) is 101 cm³/mol. The fraction of sp³-hybridized carbons (Fsp3) is 0.611. The van der Waals surface area contributed by atoms with E-state index in [0.717, 1.165) is 62.5 Å². The fourth-order valence-electron chi connectivity index (χ4n) is 2.90. The largest absolute Gasteiger partial charge is 0.378 e. The molecule has 7 heteroatoms. The van der Waals surface area contributed by atoms with Crippen molar-refractivity contribution in [2.45, 2.75) is 38.4 Å². The van der Waals surface area contributed by atoms with Crippen LogP contribution in [-0.4, -0.2) is 51.8 Å². The Morgan fingerprint density at radius 2 is 1.92 bits per heavy atom. The second-order valence-corrected chi connectivity index (χ2v) is 7.76. The van der Waals surface area contributed by atoms with Crippen LogP contribution >= 0.6 is 11.8 Å². The smallest absolute Gasteiger partial charge is 0.228 e. The summed E-state index contributed by atoms with van der Waals surface area (Å²) in [5.74, 6) is 2.60. The van der Waals surface area contributed by atoms with Crippen LogP contribution in [0.5, 0.6) is 0 Å². The maximum Gasteiger partial charge on any atom is 0.228 e. The first-order chi connectivity index (χ1) is 12.2. The summed E-state index contributed by atoms with van der Waals surface area (Å²) in [6.45, 7) is 8.74. The molecule has 136 valence electrons. The van der Waals surface area contributed by atoms with Crippen molar-refractivity contribution in [2.75, 3.05) is 37.0 Å². The Balaban J connectivity index is 1.60. The van der Waals surface area contributed by atoms with E-state index in [4.69, 9.17) is 4.74 Å². The van der Waals surface area contributed by atoms with Crippen LogP contribution in [0.15, 0.2) is 29.7 Å². The molecule has 1 aliphatic rings. The van der Waals surface area contributed by atoms with Crippen LogP contribution < -0.4 is 4.90 Å². The number of hydrogen-bond acceptors (Lipinski definition) is 6. The summed E-state index contributed by atoms with van der Waals surface area (Å²) >= 11 is 1.81. The topological polar surface area (TPSA) is 56.1 Å². The number of anilines is 1. The van der Waals surface area contributed by atoms with E-state index < -0.39 is 0 Å². The zero-order valence-electron chi connectivity index (χ0n) is 15.1. The molecule has 0 bridgehead atoms. The van der Waals surface area contributed by atoms with Gasteiger partial charge in [-0.05, 0) is 36.5 Å². The molecule has 0 aromatic carbocycles. The lowest BCUT2D eigenvalue weighted by Gasteiger charge is -2.28. The molecule has 0 spiro atoms. The third kappa shape index (κ3) is 5.19. The number of thioether (sulfide) groups is 1. The average Bonchev–Trinajstić information content (AvgIpc) is 3.02. The van der Waals surface area contributed by atoms with Gasteiger partial charge in [-0.2, -0.15) is 0 Å². The van der Waals surface area contributed by atoms with E-state index in [2.05, 4.69) is 50.6 Å². The van der Waals surface area contributed by atoms with Gasteiger partial charge >= 0.3 is 0 Å². The van der Waals surface area contributed by atoms with Crippen molar-refractivity contribution in [2.24, 2.45) is 5.92 Å². The molecule has 0 unspecified atom stereocenters. The predicted octanol–water partition coefficient (Wildman–Crippen LogP) is 2.89. The minimum atomic E-state index is 0.562. The first-order valence-corrected chi connectivity index (χ1v) is 10.00. The summed E-state index contributed by atoms with van der Waals surface area (Å²) in [6, 6.07) is 4.17. The van der Waals surface area contributed by atoms with Crippen LogP contribution in [0, 0.1) is 5.92 Å². The van der Waals surface area contributed by atoms with Gasteiger partial charge in [0.25, 0.3) is 0 Å². The van der Waals surface area contributed by atoms with Crippen LogP contribution in [0.1, 0.15) is 25.8 Å². The SMILES string of the molecule is CC(C)Cn1c(SCCCc2ccncc2)nnc1N1CCOCC1. The van der Waals surface area contributed by atoms with E-state index in [1.807, 2.05) is 24.2 Å². The molecule has 0 atom stereocenters. The van der Waals surface area contributed by atoms with E-state index in [0.29, 0.717) is 5.92 Å². The number of morpholine rings is 1. The van der Waals surface area contributed by atoms with Crippen LogP contribution in [0.25, 0.3) is 0 Å². The van der Waals surface area contributed by atoms with Crippen molar-refractivity contribution < 1.29 is 4.74 Å². The fourth-order valence-corrected chi connectivity index (χ4v) is 3.78. The third-order valence-corrected chi connectivity index (χ3v) is 5.18. The van der Waals surface area contributed by atoms with E-state index in [1.54, 1.807) is 0 Å². The van der Waals surface area contributed by atoms with Crippen LogP contribution in [0.4, 0.5) is 5.95 Å². The first-order valence-electron chi connectivity index (χ1n) is 9.01. The van der Waals surface area contributed by atoms with Crippen molar-refractivity contribution in [1.82, 2.24) is 19.7 Å². The van der Waals surface area contributed by atoms with E-state index >= 15 is 0 Å². The molecule has 0 aliphatic carbocycles. The Bertz CT molecular complexity index is 640. The standard InChI is InChI=1S/C18H27N5OS/c1-15(2)14-23-17(22-9-11-24-12-10-22)20-21-18(23)25-13-3-4-16-5-7-19-8-6-16/h5-8,15H,3-4,9-14H2,1-2H3. The van der Waals surface area contributed by atoms with E-state index in [1.165, 1.54) is 5.56 Å². The van der Waals surface area contributed by atoms with Crippen molar-refractivity contribution in [3.63, 3.8) is 0 Å². The van der Waals surface area contributed by atoms with Crippen LogP contribution in [-0.2, 0) is 17.7 Å². The molecule has 25 heavy (non-hydrogen) atoms. The number of pyridine rings is 1. The van der Waals surface area contributed by atoms with Gasteiger partial charge < -0.3 is 9.64 Å². The van der Waals surface area contributed by atoms with Crippen LogP contribution in [0.2, 0.25) is 0 Å². The second-order valence-electron chi connectivity index (χ2n) is 6.69. The van der Waals surface area contributed by atoms with Crippen molar-refractivity contribution in [3.8, 4) is 0 Å². The van der Waals surface area contributed by atoms with Gasteiger partial charge in [-0.15, -0.1) is 10.2 Å². The molecule has 1 aliphatic heterocycles. The zero-order chi connectivity index (χ0) is 17.5. The Kier molecular flexibility index (Phi) is 6.69. The van der Waals surface area contributed by atoms with Gasteiger partial charge in [0.1, 0.15) is 0 Å². The normalized spacial score (nSPS) is 15.1. The van der Waals surface area contributed by atoms with Crippen molar-refractivity contribution in [1.29, 1.82) is 0 Å². The monoisotopic (exact) mass is 361 g/mol. The number of aryl methyl sites for hydroxylation is 1. The molecule has 0 amide bonds. The van der Waals surface area contributed by atoms with Crippen molar-refractivity contribution in [3.05, 3.63) is 30.1 Å². The highest BCUT2D eigenvalue weighted by Crippen LogP contribution is 2.25. The number of aromatic nitrogens is 4. The Labute approximate surface area is 154 Å². The molecule has 1 fully saturated rings. The molecule has 3 heterocycles. The van der Waals surface area contributed by atoms with Gasteiger partial charge in [-0.3, -0.25) is 9.55 Å². The van der Waals surface area contributed by atoms with Gasteiger partial charge in [0.2, 0.25) is 5.95 Å². The summed E-state index contributed by atoms with van der Waals surface area (Å²) in [7, 11) is 0. The molecule has 0 N–H and O–H groups in total. The number of rotatable bonds is 8. The highest BCUT2D eigenvalue weighted by Gasteiger charge is 2.21. The van der Waals surface area contributed by atoms with E-state index in [-0.39, 0.29) is 0 Å². The minimum absolute atomic E-state index is 0.562. The summed E-state index contributed by atoms with van der Waals surface area (Å²) in [5, 5.41) is 9.99. The highest BCUT2D eigenvalue weighted by molar-refractivity contribution is 7.99. The van der Waals surface area contributed by atoms with Gasteiger partial charge in [-0.25, -0.2) is 0 Å². The molecule has 0 radical (unpaired) electrons. The Morgan fingerprint density at radius 1 is 1.16 bits per heavy atom. The van der Waals surface area contributed by atoms with Gasteiger partial charge in [0.15, 0.2) is 5.16 Å². The zero-order valence-corrected chi connectivity index (χ0v) is 15.9. The second kappa shape index (κ2) is 9.20. The molecular formula is C18H27N5OS. The van der Waals surface area contributed by atoms with Crippen LogP contribution in [0.3, 0.4) is 0 Å². The maximum atomic E-state index is 5.46. The lowest BCUT2D eigenvalue weighted by molar-refractivity contribution is 0.121. The molecule has 6 nitrogen and oxygen atoms in total. The molecule has 0 saturated carbocycles. The molecule has 2 aromatic heterocycles. The van der Waals surface area contributed by atoms with Gasteiger partial charge in [-0.1, -0.05) is 25.6 Å². The summed E-state index contributed by atoms with van der Waals surface area (Å²) in [4.78, 5) is 6.36. The Hall–Kier alpha value is -1.60. The third-order valence-electron chi connectivity index (χ3n) is 4.13. The number of nitrogens with zero attached hydrogens (tertiary/aromatic N) is 5. The van der Waals surface area contributed by atoms with E-state index in [9.17, 15) is 0 Å². The van der Waals surface area contributed by atoms with Gasteiger partial charge in [0.05, 0.1) is 13.2 Å². The molecule has 1 saturated heterocycles. The lowest BCUT2D eigenvalue weighted by atomic mass is 10.2. The average molecular weight is 362 g/mol. The summed E-state index contributed by atoms with van der Waals surface area (Å²) in [5.41, 5.74) is 1.34. The number of ether oxygens (including phenoxy) is 1. The highest BCUT2D eigenvalue weighted by atomic mass is 32.2. The summed E-state index contributed by atoms with van der Waals surface area (Å²) < 4.78 is 7.75. The van der Waals surface area contributed by atoms with Gasteiger partial charge in [0, 0.05) is 37.8 Å².